The molecule has 2 aromatic carbocycles. The van der Waals surface area contributed by atoms with Crippen LogP contribution in [0.3, 0.4) is 0 Å². The number of nitrogens with one attached hydrogen (secondary N) is 1. The Bertz CT molecular complexity index is 987. The van der Waals surface area contributed by atoms with E-state index in [4.69, 9.17) is 9.47 Å². The van der Waals surface area contributed by atoms with Crippen LogP contribution in [-0.2, 0) is 19.6 Å². The fraction of sp³-hybridized carbons (Fsp3) is 0.300. The van der Waals surface area contributed by atoms with E-state index in [9.17, 15) is 18.0 Å². The fourth-order valence-electron chi connectivity index (χ4n) is 2.50. The Kier molecular flexibility index (Phi) is 7.35. The van der Waals surface area contributed by atoms with Crippen LogP contribution in [-0.4, -0.2) is 51.9 Å². The highest BCUT2D eigenvalue weighted by Crippen LogP contribution is 2.20. The molecule has 0 unspecified atom stereocenters. The van der Waals surface area contributed by atoms with Crippen molar-refractivity contribution in [3.05, 3.63) is 53.6 Å². The maximum Gasteiger partial charge on any atom is 0.338 e. The number of likely N-dealkylation sites (N-methyl/N-ethyl adjacent to an activating group) is 1. The number of carbonyl (C=O) groups excluding carboxylic acids is 2. The largest absolute Gasteiger partial charge is 0.497 e. The van der Waals surface area contributed by atoms with Gasteiger partial charge in [-0.25, -0.2) is 13.2 Å². The number of hydrogen-bond donors (Lipinski definition) is 1. The van der Waals surface area contributed by atoms with E-state index in [1.165, 1.54) is 44.5 Å². The van der Waals surface area contributed by atoms with Gasteiger partial charge in [0.15, 0.2) is 0 Å². The number of anilines is 1. The van der Waals surface area contributed by atoms with Gasteiger partial charge in [-0.2, -0.15) is 4.31 Å². The second-order valence-electron chi connectivity index (χ2n) is 6.23. The van der Waals surface area contributed by atoms with E-state index >= 15 is 0 Å². The first-order valence-electron chi connectivity index (χ1n) is 8.87. The average molecular weight is 420 g/mol. The molecule has 0 aliphatic carbocycles. The van der Waals surface area contributed by atoms with Gasteiger partial charge in [-0.1, -0.05) is 6.07 Å². The number of carbonyl (C=O) groups is 2. The molecule has 1 N–H and O–H groups in total. The minimum absolute atomic E-state index is 0.0501. The molecule has 1 amide bonds. The summed E-state index contributed by atoms with van der Waals surface area (Å²) in [6.07, 6.45) is 0. The normalized spacial score (nSPS) is 11.2. The molecule has 156 valence electrons. The summed E-state index contributed by atoms with van der Waals surface area (Å²) < 4.78 is 36.2. The molecule has 0 bridgehead atoms. The first-order chi connectivity index (χ1) is 13.7. The summed E-state index contributed by atoms with van der Waals surface area (Å²) in [5, 5.41) is 2.65. The van der Waals surface area contributed by atoms with E-state index in [-0.39, 0.29) is 11.5 Å². The van der Waals surface area contributed by atoms with Gasteiger partial charge in [-0.3, -0.25) is 4.79 Å². The van der Waals surface area contributed by atoms with Crippen LogP contribution in [0.5, 0.6) is 5.75 Å². The van der Waals surface area contributed by atoms with Crippen LogP contribution in [0.15, 0.2) is 47.4 Å². The van der Waals surface area contributed by atoms with Crippen molar-refractivity contribution in [2.45, 2.75) is 18.7 Å². The summed E-state index contributed by atoms with van der Waals surface area (Å²) in [6, 6.07) is 10.7. The average Bonchev–Trinajstić information content (AvgIpc) is 2.69. The Morgan fingerprint density at radius 1 is 1.10 bits per heavy atom. The minimum Gasteiger partial charge on any atom is -0.497 e. The molecule has 0 aromatic heterocycles. The number of ether oxygens (including phenoxy) is 2. The Hall–Kier alpha value is -2.91. The van der Waals surface area contributed by atoms with Crippen molar-refractivity contribution in [3.63, 3.8) is 0 Å². The van der Waals surface area contributed by atoms with Crippen LogP contribution in [0.1, 0.15) is 22.8 Å². The van der Waals surface area contributed by atoms with E-state index in [2.05, 4.69) is 5.32 Å². The van der Waals surface area contributed by atoms with Crippen molar-refractivity contribution in [1.82, 2.24) is 4.31 Å². The van der Waals surface area contributed by atoms with Gasteiger partial charge in [-0.05, 0) is 55.8 Å². The third-order valence-electron chi connectivity index (χ3n) is 4.16. The molecular weight excluding hydrogens is 396 g/mol. The molecule has 0 atom stereocenters. The number of hydrogen-bond acceptors (Lipinski definition) is 6. The molecule has 9 heteroatoms. The van der Waals surface area contributed by atoms with Gasteiger partial charge in [0, 0.05) is 12.7 Å². The number of sulfonamides is 1. The number of esters is 1. The quantitative estimate of drug-likeness (QED) is 0.658. The predicted molar refractivity (Wildman–Crippen MR) is 109 cm³/mol. The summed E-state index contributed by atoms with van der Waals surface area (Å²) in [4.78, 5) is 24.3. The third kappa shape index (κ3) is 5.55. The molecule has 0 saturated heterocycles. The molecule has 0 radical (unpaired) electrons. The van der Waals surface area contributed by atoms with Crippen molar-refractivity contribution in [2.75, 3.05) is 32.6 Å². The lowest BCUT2D eigenvalue weighted by Gasteiger charge is -2.18. The lowest BCUT2D eigenvalue weighted by atomic mass is 10.1. The second-order valence-corrected chi connectivity index (χ2v) is 8.28. The monoisotopic (exact) mass is 420 g/mol. The van der Waals surface area contributed by atoms with Gasteiger partial charge in [0.1, 0.15) is 5.75 Å². The van der Waals surface area contributed by atoms with Gasteiger partial charge in [0.2, 0.25) is 15.9 Å². The van der Waals surface area contributed by atoms with Crippen molar-refractivity contribution < 1.29 is 27.5 Å². The van der Waals surface area contributed by atoms with Gasteiger partial charge in [0.05, 0.1) is 30.7 Å². The molecule has 0 aliphatic rings. The zero-order valence-corrected chi connectivity index (χ0v) is 17.6. The summed E-state index contributed by atoms with van der Waals surface area (Å²) in [5.74, 6) is -0.503. The second kappa shape index (κ2) is 9.53. The maximum atomic E-state index is 12.6. The molecule has 0 spiro atoms. The summed E-state index contributed by atoms with van der Waals surface area (Å²) >= 11 is 0. The number of benzene rings is 2. The fourth-order valence-corrected chi connectivity index (χ4v) is 3.63. The molecule has 2 rings (SSSR count). The SMILES string of the molecule is CCOC(=O)c1ccc(C)c(NC(=O)CN(C)S(=O)(=O)c2ccc(OC)cc2)c1. The van der Waals surface area contributed by atoms with Crippen molar-refractivity contribution >= 4 is 27.6 Å². The highest BCUT2D eigenvalue weighted by atomic mass is 32.2. The lowest BCUT2D eigenvalue weighted by Crippen LogP contribution is -2.35. The molecule has 0 fully saturated rings. The number of rotatable bonds is 8. The van der Waals surface area contributed by atoms with Crippen LogP contribution in [0.25, 0.3) is 0 Å². The van der Waals surface area contributed by atoms with Crippen molar-refractivity contribution in [1.29, 1.82) is 0 Å². The molecule has 8 nitrogen and oxygen atoms in total. The predicted octanol–water partition coefficient (Wildman–Crippen LogP) is 2.44. The van der Waals surface area contributed by atoms with E-state index in [0.29, 0.717) is 17.0 Å². The number of nitrogens with zero attached hydrogens (tertiary/aromatic N) is 1. The summed E-state index contributed by atoms with van der Waals surface area (Å²) in [5.41, 5.74) is 1.44. The third-order valence-corrected chi connectivity index (χ3v) is 5.97. The standard InChI is InChI=1S/C20H24N2O6S/c1-5-28-20(24)15-7-6-14(2)18(12-15)21-19(23)13-22(3)29(25,26)17-10-8-16(27-4)9-11-17/h6-12H,5,13H2,1-4H3,(H,21,23). The van der Waals surface area contributed by atoms with Gasteiger partial charge >= 0.3 is 5.97 Å². The Balaban J connectivity index is 2.11. The molecular formula is C20H24N2O6S. The Morgan fingerprint density at radius 3 is 2.34 bits per heavy atom. The number of amides is 1. The van der Waals surface area contributed by atoms with Crippen LogP contribution >= 0.6 is 0 Å². The summed E-state index contributed by atoms with van der Waals surface area (Å²) in [6.45, 7) is 3.32. The molecule has 0 saturated carbocycles. The summed E-state index contributed by atoms with van der Waals surface area (Å²) in [7, 11) is -1.04. The van der Waals surface area contributed by atoms with E-state index in [0.717, 1.165) is 9.87 Å². The van der Waals surface area contributed by atoms with Crippen LogP contribution < -0.4 is 10.1 Å². The van der Waals surface area contributed by atoms with Gasteiger partial charge < -0.3 is 14.8 Å². The van der Waals surface area contributed by atoms with E-state index in [1.54, 1.807) is 26.0 Å². The molecule has 0 aliphatic heterocycles. The molecule has 0 heterocycles. The van der Waals surface area contributed by atoms with Gasteiger partial charge in [-0.15, -0.1) is 0 Å². The van der Waals surface area contributed by atoms with Crippen molar-refractivity contribution in [3.8, 4) is 5.75 Å². The highest BCUT2D eigenvalue weighted by Gasteiger charge is 2.23. The molecule has 2 aromatic rings. The van der Waals surface area contributed by atoms with Crippen LogP contribution in [0, 0.1) is 6.92 Å². The van der Waals surface area contributed by atoms with Gasteiger partial charge in [0.25, 0.3) is 0 Å². The Morgan fingerprint density at radius 2 is 1.76 bits per heavy atom. The van der Waals surface area contributed by atoms with E-state index in [1.807, 2.05) is 0 Å². The lowest BCUT2D eigenvalue weighted by molar-refractivity contribution is -0.116. The zero-order valence-electron chi connectivity index (χ0n) is 16.8. The minimum atomic E-state index is -3.85. The number of methoxy groups -OCH3 is 1. The topological polar surface area (TPSA) is 102 Å². The Labute approximate surface area is 170 Å². The highest BCUT2D eigenvalue weighted by molar-refractivity contribution is 7.89. The smallest absolute Gasteiger partial charge is 0.338 e. The van der Waals surface area contributed by atoms with Crippen molar-refractivity contribution in [2.24, 2.45) is 0 Å². The zero-order chi connectivity index (χ0) is 21.6. The first kappa shape index (κ1) is 22.4. The van der Waals surface area contributed by atoms with E-state index < -0.39 is 28.4 Å². The molecule has 29 heavy (non-hydrogen) atoms. The first-order valence-corrected chi connectivity index (χ1v) is 10.3. The van der Waals surface area contributed by atoms with Crippen LogP contribution in [0.4, 0.5) is 5.69 Å². The van der Waals surface area contributed by atoms with Crippen LogP contribution in [0.2, 0.25) is 0 Å². The number of aryl methyl sites for hydroxylation is 1. The maximum absolute atomic E-state index is 12.6.